The summed E-state index contributed by atoms with van der Waals surface area (Å²) in [6, 6.07) is 0.214. The van der Waals surface area contributed by atoms with Gasteiger partial charge in [-0.15, -0.1) is 11.3 Å². The van der Waals surface area contributed by atoms with Crippen molar-refractivity contribution in [3.8, 4) is 0 Å². The SMILES string of the molecule is CC(N)Cc1c[nH]c2ncsc12. The smallest absolute Gasteiger partial charge is 0.148 e. The van der Waals surface area contributed by atoms with Gasteiger partial charge in [0.25, 0.3) is 0 Å². The van der Waals surface area contributed by atoms with Crippen molar-refractivity contribution in [2.75, 3.05) is 0 Å². The van der Waals surface area contributed by atoms with E-state index in [2.05, 4.69) is 9.97 Å². The van der Waals surface area contributed by atoms with Crippen LogP contribution in [0.3, 0.4) is 0 Å². The summed E-state index contributed by atoms with van der Waals surface area (Å²) in [6.45, 7) is 2.01. The molecule has 0 saturated carbocycles. The van der Waals surface area contributed by atoms with Crippen LogP contribution in [0.5, 0.6) is 0 Å². The summed E-state index contributed by atoms with van der Waals surface area (Å²) >= 11 is 1.66. The molecule has 0 aliphatic carbocycles. The highest BCUT2D eigenvalue weighted by Gasteiger charge is 2.06. The van der Waals surface area contributed by atoms with Crippen LogP contribution in [-0.4, -0.2) is 16.0 Å². The number of aromatic amines is 1. The molecule has 64 valence electrons. The van der Waals surface area contributed by atoms with Gasteiger partial charge >= 0.3 is 0 Å². The molecule has 0 amide bonds. The maximum atomic E-state index is 5.71. The van der Waals surface area contributed by atoms with Gasteiger partial charge in [0.1, 0.15) is 5.65 Å². The molecule has 2 aromatic rings. The standard InChI is InChI=1S/C8H11N3S/c1-5(9)2-6-3-10-8-7(6)12-4-11-8/h3-5,10H,2,9H2,1H3. The van der Waals surface area contributed by atoms with Gasteiger partial charge in [-0.3, -0.25) is 0 Å². The molecule has 0 aromatic carbocycles. The number of thiazole rings is 1. The van der Waals surface area contributed by atoms with Crippen molar-refractivity contribution in [1.29, 1.82) is 0 Å². The van der Waals surface area contributed by atoms with Crippen LogP contribution < -0.4 is 5.73 Å². The van der Waals surface area contributed by atoms with Crippen molar-refractivity contribution in [3.05, 3.63) is 17.3 Å². The second-order valence-corrected chi connectivity index (χ2v) is 3.88. The Morgan fingerprint density at radius 1 is 1.75 bits per heavy atom. The highest BCUT2D eigenvalue weighted by atomic mass is 32.1. The molecule has 0 saturated heterocycles. The van der Waals surface area contributed by atoms with Crippen LogP contribution in [0.15, 0.2) is 11.7 Å². The molecule has 12 heavy (non-hydrogen) atoms. The second-order valence-electron chi connectivity index (χ2n) is 3.03. The zero-order valence-corrected chi connectivity index (χ0v) is 7.69. The lowest BCUT2D eigenvalue weighted by Crippen LogP contribution is -2.17. The Bertz CT molecular complexity index is 374. The van der Waals surface area contributed by atoms with Crippen molar-refractivity contribution in [2.45, 2.75) is 19.4 Å². The van der Waals surface area contributed by atoms with Crippen LogP contribution in [0.4, 0.5) is 0 Å². The second kappa shape index (κ2) is 2.88. The van der Waals surface area contributed by atoms with Crippen LogP contribution >= 0.6 is 11.3 Å². The van der Waals surface area contributed by atoms with Crippen LogP contribution in [0.2, 0.25) is 0 Å². The molecule has 3 N–H and O–H groups in total. The fraction of sp³-hybridized carbons (Fsp3) is 0.375. The Kier molecular flexibility index (Phi) is 1.86. The maximum absolute atomic E-state index is 5.71. The van der Waals surface area contributed by atoms with E-state index in [9.17, 15) is 0 Å². The summed E-state index contributed by atoms with van der Waals surface area (Å²) in [7, 11) is 0. The molecule has 2 rings (SSSR count). The normalized spacial score (nSPS) is 13.8. The Hall–Kier alpha value is -0.870. The van der Waals surface area contributed by atoms with Crippen molar-refractivity contribution < 1.29 is 0 Å². The summed E-state index contributed by atoms with van der Waals surface area (Å²) in [5, 5.41) is 0. The van der Waals surface area contributed by atoms with E-state index >= 15 is 0 Å². The first-order valence-electron chi connectivity index (χ1n) is 3.92. The van der Waals surface area contributed by atoms with Crippen LogP contribution in [-0.2, 0) is 6.42 Å². The van der Waals surface area contributed by atoms with Gasteiger partial charge in [0.05, 0.1) is 10.2 Å². The van der Waals surface area contributed by atoms with Crippen molar-refractivity contribution >= 4 is 21.7 Å². The minimum atomic E-state index is 0.214. The fourth-order valence-corrected chi connectivity index (χ4v) is 2.08. The lowest BCUT2D eigenvalue weighted by atomic mass is 10.1. The van der Waals surface area contributed by atoms with E-state index in [1.54, 1.807) is 11.3 Å². The average Bonchev–Trinajstić information content (AvgIpc) is 2.52. The minimum Gasteiger partial charge on any atom is -0.345 e. The summed E-state index contributed by atoms with van der Waals surface area (Å²) in [4.78, 5) is 7.29. The lowest BCUT2D eigenvalue weighted by Gasteiger charge is -2.00. The van der Waals surface area contributed by atoms with Crippen LogP contribution in [0, 0.1) is 0 Å². The van der Waals surface area contributed by atoms with E-state index < -0.39 is 0 Å². The van der Waals surface area contributed by atoms with Gasteiger partial charge in [-0.2, -0.15) is 0 Å². The molecular weight excluding hydrogens is 170 g/mol. The van der Waals surface area contributed by atoms with Crippen LogP contribution in [0.25, 0.3) is 10.3 Å². The minimum absolute atomic E-state index is 0.214. The van der Waals surface area contributed by atoms with Gasteiger partial charge < -0.3 is 10.7 Å². The Morgan fingerprint density at radius 2 is 2.58 bits per heavy atom. The van der Waals surface area contributed by atoms with E-state index in [1.807, 2.05) is 18.6 Å². The summed E-state index contributed by atoms with van der Waals surface area (Å²) in [6.07, 6.45) is 2.92. The van der Waals surface area contributed by atoms with Crippen LogP contribution in [0.1, 0.15) is 12.5 Å². The monoisotopic (exact) mass is 181 g/mol. The van der Waals surface area contributed by atoms with E-state index in [0.29, 0.717) is 0 Å². The molecule has 0 fully saturated rings. The number of hydrogen-bond donors (Lipinski definition) is 2. The van der Waals surface area contributed by atoms with Gasteiger partial charge in [0.2, 0.25) is 0 Å². The van der Waals surface area contributed by atoms with Crippen molar-refractivity contribution in [3.63, 3.8) is 0 Å². The molecule has 1 unspecified atom stereocenters. The Morgan fingerprint density at radius 3 is 3.33 bits per heavy atom. The van der Waals surface area contributed by atoms with Gasteiger partial charge in [0, 0.05) is 12.2 Å². The summed E-state index contributed by atoms with van der Waals surface area (Å²) in [5.74, 6) is 0. The molecule has 0 spiro atoms. The van der Waals surface area contributed by atoms with Gasteiger partial charge in [0.15, 0.2) is 0 Å². The van der Waals surface area contributed by atoms with E-state index in [1.165, 1.54) is 10.3 Å². The fourth-order valence-electron chi connectivity index (χ4n) is 1.30. The molecule has 4 heteroatoms. The average molecular weight is 181 g/mol. The van der Waals surface area contributed by atoms with Crippen molar-refractivity contribution in [2.24, 2.45) is 5.73 Å². The molecular formula is C8H11N3S. The third kappa shape index (κ3) is 1.23. The predicted octanol–water partition coefficient (Wildman–Crippen LogP) is 1.51. The molecule has 2 aromatic heterocycles. The third-order valence-corrected chi connectivity index (χ3v) is 2.69. The number of H-pyrrole nitrogens is 1. The number of rotatable bonds is 2. The number of aromatic nitrogens is 2. The zero-order valence-electron chi connectivity index (χ0n) is 6.87. The quantitative estimate of drug-likeness (QED) is 0.738. The number of hydrogen-bond acceptors (Lipinski definition) is 3. The maximum Gasteiger partial charge on any atom is 0.148 e. The first kappa shape index (κ1) is 7.76. The summed E-state index contributed by atoms with van der Waals surface area (Å²) in [5.41, 5.74) is 9.83. The van der Waals surface area contributed by atoms with E-state index in [4.69, 9.17) is 5.73 Å². The van der Waals surface area contributed by atoms with Gasteiger partial charge in [-0.05, 0) is 18.9 Å². The van der Waals surface area contributed by atoms with Gasteiger partial charge in [-0.25, -0.2) is 4.98 Å². The molecule has 0 aliphatic rings. The topological polar surface area (TPSA) is 54.7 Å². The molecule has 3 nitrogen and oxygen atoms in total. The number of fused-ring (bicyclic) bond motifs is 1. The lowest BCUT2D eigenvalue weighted by molar-refractivity contribution is 0.742. The summed E-state index contributed by atoms with van der Waals surface area (Å²) < 4.78 is 1.24. The Balaban J connectivity index is 2.40. The predicted molar refractivity (Wildman–Crippen MR) is 51.3 cm³/mol. The van der Waals surface area contributed by atoms with E-state index in [0.717, 1.165) is 12.1 Å². The number of nitrogens with two attached hydrogens (primary N) is 1. The highest BCUT2D eigenvalue weighted by Crippen LogP contribution is 2.22. The molecule has 2 heterocycles. The number of nitrogens with one attached hydrogen (secondary N) is 1. The Labute approximate surface area is 74.6 Å². The third-order valence-electron chi connectivity index (χ3n) is 1.78. The number of nitrogens with zero attached hydrogens (tertiary/aromatic N) is 1. The zero-order chi connectivity index (χ0) is 8.55. The molecule has 0 bridgehead atoms. The highest BCUT2D eigenvalue weighted by molar-refractivity contribution is 7.16. The molecule has 1 atom stereocenters. The molecule has 0 radical (unpaired) electrons. The van der Waals surface area contributed by atoms with Crippen molar-refractivity contribution in [1.82, 2.24) is 9.97 Å². The first-order chi connectivity index (χ1) is 5.77. The molecule has 0 aliphatic heterocycles. The first-order valence-corrected chi connectivity index (χ1v) is 4.80. The van der Waals surface area contributed by atoms with E-state index in [-0.39, 0.29) is 6.04 Å². The largest absolute Gasteiger partial charge is 0.345 e. The van der Waals surface area contributed by atoms with Gasteiger partial charge in [-0.1, -0.05) is 0 Å².